The maximum atomic E-state index is 1.50. The largest absolute Gasteiger partial charge is 0.0533 e. The Morgan fingerprint density at radius 2 is 0.364 bits per heavy atom. The van der Waals surface area contributed by atoms with Gasteiger partial charge in [-0.15, -0.1) is 0 Å². The molecule has 2 saturated carbocycles. The zero-order chi connectivity index (χ0) is 7.07. The van der Waals surface area contributed by atoms with Crippen LogP contribution in [0, 0.1) is 0 Å². The fraction of sp³-hybridized carbons (Fsp3) is 1.00. The number of hydrogen-bond acceptors (Lipinski definition) is 0. The van der Waals surface area contributed by atoms with Gasteiger partial charge in [-0.05, 0) is 0 Å². The predicted molar refractivity (Wildman–Crippen MR) is 46.2 cm³/mol. The summed E-state index contributed by atoms with van der Waals surface area (Å²) in [5.41, 5.74) is 0. The van der Waals surface area contributed by atoms with Gasteiger partial charge in [0.05, 0.1) is 0 Å². The van der Waals surface area contributed by atoms with Crippen LogP contribution < -0.4 is 0 Å². The minimum Gasteiger partial charge on any atom is -0.0533 e. The molecule has 1 radical (unpaired) electrons. The molecule has 0 unspecified atom stereocenters. The monoisotopic (exact) mass is 191 g/mol. The van der Waals surface area contributed by atoms with Crippen LogP contribution in [0.4, 0.5) is 0 Å². The second-order valence-electron chi connectivity index (χ2n) is 3.54. The van der Waals surface area contributed by atoms with Gasteiger partial charge in [0.25, 0.3) is 0 Å². The summed E-state index contributed by atoms with van der Waals surface area (Å²) >= 11 is 0. The standard InChI is InChI=1S/2C5H10.V/c2*1-2-4-5-3-1;/h2*1-5H2;. The summed E-state index contributed by atoms with van der Waals surface area (Å²) in [5, 5.41) is 0. The Kier molecular flexibility index (Phi) is 9.14. The van der Waals surface area contributed by atoms with Crippen molar-refractivity contribution in [1.82, 2.24) is 0 Å². The molecule has 0 aromatic carbocycles. The molecule has 0 amide bonds. The van der Waals surface area contributed by atoms with Crippen LogP contribution in [0.2, 0.25) is 0 Å². The molecule has 11 heavy (non-hydrogen) atoms. The van der Waals surface area contributed by atoms with E-state index in [1.807, 2.05) is 0 Å². The van der Waals surface area contributed by atoms with E-state index in [1.54, 1.807) is 0 Å². The summed E-state index contributed by atoms with van der Waals surface area (Å²) in [5.74, 6) is 0. The third-order valence-corrected chi connectivity index (χ3v) is 2.50. The van der Waals surface area contributed by atoms with Crippen LogP contribution in [-0.2, 0) is 18.6 Å². The van der Waals surface area contributed by atoms with Gasteiger partial charge >= 0.3 is 0 Å². The molecule has 0 aromatic rings. The van der Waals surface area contributed by atoms with Crippen LogP contribution in [0.25, 0.3) is 0 Å². The van der Waals surface area contributed by atoms with Gasteiger partial charge in [-0.1, -0.05) is 64.2 Å². The van der Waals surface area contributed by atoms with E-state index >= 15 is 0 Å². The summed E-state index contributed by atoms with van der Waals surface area (Å²) in [6, 6.07) is 0. The Morgan fingerprint density at radius 1 is 0.273 bits per heavy atom. The minimum absolute atomic E-state index is 0. The van der Waals surface area contributed by atoms with Gasteiger partial charge in [0, 0.05) is 18.6 Å². The van der Waals surface area contributed by atoms with Crippen molar-refractivity contribution >= 4 is 0 Å². The molecule has 0 atom stereocenters. The van der Waals surface area contributed by atoms with Gasteiger partial charge in [-0.2, -0.15) is 0 Å². The molecule has 0 saturated heterocycles. The normalized spacial score (nSPS) is 21.8. The Labute approximate surface area is 83.0 Å². The van der Waals surface area contributed by atoms with E-state index in [0.717, 1.165) is 0 Å². The second-order valence-corrected chi connectivity index (χ2v) is 3.54. The van der Waals surface area contributed by atoms with Gasteiger partial charge in [0.2, 0.25) is 0 Å². The van der Waals surface area contributed by atoms with Crippen molar-refractivity contribution in [2.75, 3.05) is 0 Å². The molecule has 0 aromatic heterocycles. The van der Waals surface area contributed by atoms with Crippen molar-refractivity contribution < 1.29 is 18.6 Å². The van der Waals surface area contributed by atoms with E-state index in [1.165, 1.54) is 64.2 Å². The summed E-state index contributed by atoms with van der Waals surface area (Å²) in [6.45, 7) is 0. The van der Waals surface area contributed by atoms with Gasteiger partial charge in [0.1, 0.15) is 0 Å². The zero-order valence-electron chi connectivity index (χ0n) is 7.52. The molecule has 0 N–H and O–H groups in total. The zero-order valence-corrected chi connectivity index (χ0v) is 8.91. The molecule has 2 aliphatic rings. The van der Waals surface area contributed by atoms with E-state index < -0.39 is 0 Å². The van der Waals surface area contributed by atoms with Crippen molar-refractivity contribution in [3.05, 3.63) is 0 Å². The number of hydrogen-bond donors (Lipinski definition) is 0. The maximum Gasteiger partial charge on any atom is 0 e. The fourth-order valence-electron chi connectivity index (χ4n) is 1.77. The molecule has 0 nitrogen and oxygen atoms in total. The summed E-state index contributed by atoms with van der Waals surface area (Å²) in [4.78, 5) is 0. The third-order valence-electron chi connectivity index (χ3n) is 2.50. The molecule has 0 bridgehead atoms. The van der Waals surface area contributed by atoms with Crippen LogP contribution in [0.1, 0.15) is 64.2 Å². The fourth-order valence-corrected chi connectivity index (χ4v) is 1.77. The van der Waals surface area contributed by atoms with E-state index in [9.17, 15) is 0 Å². The molecule has 1 heteroatoms. The average Bonchev–Trinajstić information content (AvgIpc) is 2.67. The Bertz CT molecular complexity index is 38.1. The molecular formula is C10H20V. The first-order valence-corrected chi connectivity index (χ1v) is 5.00. The van der Waals surface area contributed by atoms with Crippen LogP contribution >= 0.6 is 0 Å². The molecule has 2 rings (SSSR count). The van der Waals surface area contributed by atoms with Gasteiger partial charge < -0.3 is 0 Å². The first-order chi connectivity index (χ1) is 5.00. The van der Waals surface area contributed by atoms with Crippen molar-refractivity contribution in [2.24, 2.45) is 0 Å². The first-order valence-electron chi connectivity index (χ1n) is 5.00. The third kappa shape index (κ3) is 6.96. The van der Waals surface area contributed by atoms with Crippen molar-refractivity contribution in [3.63, 3.8) is 0 Å². The maximum absolute atomic E-state index is 1.50. The van der Waals surface area contributed by atoms with Crippen LogP contribution in [0.15, 0.2) is 0 Å². The van der Waals surface area contributed by atoms with E-state index in [4.69, 9.17) is 0 Å². The van der Waals surface area contributed by atoms with Gasteiger partial charge in [-0.25, -0.2) is 0 Å². The van der Waals surface area contributed by atoms with Crippen LogP contribution in [0.5, 0.6) is 0 Å². The smallest absolute Gasteiger partial charge is 0 e. The van der Waals surface area contributed by atoms with Crippen LogP contribution in [-0.4, -0.2) is 0 Å². The van der Waals surface area contributed by atoms with Crippen molar-refractivity contribution in [2.45, 2.75) is 64.2 Å². The molecule has 2 aliphatic carbocycles. The Morgan fingerprint density at radius 3 is 0.455 bits per heavy atom. The van der Waals surface area contributed by atoms with E-state index in [-0.39, 0.29) is 18.6 Å². The quantitative estimate of drug-likeness (QED) is 0.544. The Balaban J connectivity index is 0.000000167. The number of rotatable bonds is 0. The predicted octanol–water partition coefficient (Wildman–Crippen LogP) is 3.90. The van der Waals surface area contributed by atoms with Gasteiger partial charge in [0.15, 0.2) is 0 Å². The Hall–Kier alpha value is 0.584. The van der Waals surface area contributed by atoms with Crippen LogP contribution in [0.3, 0.4) is 0 Å². The van der Waals surface area contributed by atoms with Crippen molar-refractivity contribution in [1.29, 1.82) is 0 Å². The molecule has 0 spiro atoms. The SMILES string of the molecule is C1CCCC1.C1CCCC1.[V]. The molecule has 0 heterocycles. The average molecular weight is 191 g/mol. The minimum atomic E-state index is 0. The first kappa shape index (κ1) is 11.6. The molecule has 2 fully saturated rings. The van der Waals surface area contributed by atoms with E-state index in [2.05, 4.69) is 0 Å². The molecule has 0 aliphatic heterocycles. The summed E-state index contributed by atoms with van der Waals surface area (Å²) in [6.07, 6.45) is 15.0. The van der Waals surface area contributed by atoms with Gasteiger partial charge in [-0.3, -0.25) is 0 Å². The molecular weight excluding hydrogens is 171 g/mol. The molecule has 65 valence electrons. The second kappa shape index (κ2) is 8.68. The van der Waals surface area contributed by atoms with E-state index in [0.29, 0.717) is 0 Å². The van der Waals surface area contributed by atoms with Crippen molar-refractivity contribution in [3.8, 4) is 0 Å². The topological polar surface area (TPSA) is 0 Å². The summed E-state index contributed by atoms with van der Waals surface area (Å²) in [7, 11) is 0. The summed E-state index contributed by atoms with van der Waals surface area (Å²) < 4.78 is 0.